The van der Waals surface area contributed by atoms with Gasteiger partial charge in [-0.1, -0.05) is 12.1 Å². The molecule has 10 nitrogen and oxygen atoms in total. The van der Waals surface area contributed by atoms with E-state index < -0.39 is 23.4 Å². The van der Waals surface area contributed by atoms with Crippen LogP contribution in [0.5, 0.6) is 5.75 Å². The van der Waals surface area contributed by atoms with Crippen LogP contribution in [0.1, 0.15) is 60.9 Å². The fourth-order valence-electron chi connectivity index (χ4n) is 5.23. The van der Waals surface area contributed by atoms with Crippen LogP contribution < -0.4 is 4.74 Å². The molecular weight excluding hydrogens is 555 g/mol. The highest BCUT2D eigenvalue weighted by molar-refractivity contribution is 6.45. The van der Waals surface area contributed by atoms with Gasteiger partial charge < -0.3 is 19.3 Å². The van der Waals surface area contributed by atoms with E-state index in [1.165, 1.54) is 51.7 Å². The molecule has 43 heavy (non-hydrogen) atoms. The average molecular weight is 595 g/mol. The van der Waals surface area contributed by atoms with Gasteiger partial charge in [-0.15, -0.1) is 0 Å². The molecule has 2 aromatic carbocycles. The van der Waals surface area contributed by atoms with Crippen LogP contribution >= 0.6 is 0 Å². The van der Waals surface area contributed by atoms with Crippen molar-refractivity contribution in [3.63, 3.8) is 0 Å². The van der Waals surface area contributed by atoms with Crippen LogP contribution in [0, 0.1) is 5.82 Å². The Labute approximate surface area is 250 Å². The number of hydrogen-bond donors (Lipinski definition) is 0. The van der Waals surface area contributed by atoms with Crippen molar-refractivity contribution in [2.24, 2.45) is 0 Å². The number of halogens is 1. The summed E-state index contributed by atoms with van der Waals surface area (Å²) >= 11 is 0. The first-order valence-corrected chi connectivity index (χ1v) is 14.1. The van der Waals surface area contributed by atoms with E-state index in [1.54, 1.807) is 37.8 Å². The topological polar surface area (TPSA) is 101 Å². The number of carbonyl (C=O) groups is 4. The predicted octanol–water partition coefficient (Wildman–Crippen LogP) is 4.58. The maximum atomic E-state index is 14.1. The highest BCUT2D eigenvalue weighted by Crippen LogP contribution is 2.33. The number of ketones is 1. The van der Waals surface area contributed by atoms with E-state index in [2.05, 4.69) is 4.90 Å². The molecule has 1 saturated heterocycles. The van der Waals surface area contributed by atoms with Crippen molar-refractivity contribution in [2.45, 2.75) is 58.8 Å². The second-order valence-corrected chi connectivity index (χ2v) is 12.2. The second-order valence-electron chi connectivity index (χ2n) is 12.2. The lowest BCUT2D eigenvalue weighted by Gasteiger charge is -2.44. The van der Waals surface area contributed by atoms with Crippen molar-refractivity contribution >= 4 is 34.6 Å². The largest absolute Gasteiger partial charge is 0.496 e. The first-order chi connectivity index (χ1) is 20.1. The van der Waals surface area contributed by atoms with Gasteiger partial charge in [0, 0.05) is 63.5 Å². The van der Waals surface area contributed by atoms with E-state index in [0.29, 0.717) is 19.6 Å². The van der Waals surface area contributed by atoms with Crippen LogP contribution in [-0.2, 0) is 16.1 Å². The van der Waals surface area contributed by atoms with Crippen LogP contribution in [0.4, 0.5) is 9.18 Å². The normalized spacial score (nSPS) is 17.6. The summed E-state index contributed by atoms with van der Waals surface area (Å²) in [6.07, 6.45) is 0.532. The Kier molecular flexibility index (Phi) is 8.96. The van der Waals surface area contributed by atoms with Gasteiger partial charge in [-0.3, -0.25) is 23.9 Å². The second kappa shape index (κ2) is 12.2. The molecule has 0 saturated carbocycles. The molecular formula is C32H39FN4O6. The minimum absolute atomic E-state index is 0.00281. The zero-order valence-corrected chi connectivity index (χ0v) is 25.9. The standard InChI is InChI=1S/C32H39FN4O6/c1-19-16-36(20(2)15-35(19)17-21-9-11-22(33)12-10-21)29(39)24-13-23-25(28(38)30(40)34(6)7)18-37(26(23)14-27(24)42-8)31(41)43-32(3,4)5/h9-14,18-20H,15-17H2,1-8H3. The van der Waals surface area contributed by atoms with Crippen LogP contribution in [-0.4, -0.2) is 94.9 Å². The molecule has 0 N–H and O–H groups in total. The quantitative estimate of drug-likeness (QED) is 0.304. The van der Waals surface area contributed by atoms with Gasteiger partial charge >= 0.3 is 6.09 Å². The predicted molar refractivity (Wildman–Crippen MR) is 160 cm³/mol. The highest BCUT2D eigenvalue weighted by atomic mass is 19.1. The summed E-state index contributed by atoms with van der Waals surface area (Å²) in [5, 5.41) is 0.255. The van der Waals surface area contributed by atoms with Gasteiger partial charge in [-0.05, 0) is 58.4 Å². The molecule has 2 unspecified atom stereocenters. The van der Waals surface area contributed by atoms with E-state index in [4.69, 9.17) is 9.47 Å². The molecule has 11 heteroatoms. The summed E-state index contributed by atoms with van der Waals surface area (Å²) in [6.45, 7) is 10.8. The van der Waals surface area contributed by atoms with Crippen molar-refractivity contribution in [3.05, 3.63) is 65.1 Å². The Morgan fingerprint density at radius 1 is 0.977 bits per heavy atom. The maximum Gasteiger partial charge on any atom is 0.419 e. The number of fused-ring (bicyclic) bond motifs is 1. The molecule has 3 aromatic rings. The van der Waals surface area contributed by atoms with Crippen LogP contribution in [0.15, 0.2) is 42.6 Å². The number of Topliss-reactive ketones (excluding diaryl/α,β-unsaturated/α-hetero) is 1. The highest BCUT2D eigenvalue weighted by Gasteiger charge is 2.35. The van der Waals surface area contributed by atoms with Crippen LogP contribution in [0.2, 0.25) is 0 Å². The maximum absolute atomic E-state index is 14.1. The van der Waals surface area contributed by atoms with Crippen molar-refractivity contribution < 1.29 is 33.0 Å². The SMILES string of the molecule is COc1cc2c(cc1C(=O)N1CC(C)N(Cc3ccc(F)cc3)CC1C)c(C(=O)C(=O)N(C)C)cn2C(=O)OC(C)(C)C. The van der Waals surface area contributed by atoms with E-state index in [9.17, 15) is 23.6 Å². The van der Waals surface area contributed by atoms with Crippen LogP contribution in [0.3, 0.4) is 0 Å². The Morgan fingerprint density at radius 3 is 2.21 bits per heavy atom. The summed E-state index contributed by atoms with van der Waals surface area (Å²) in [7, 11) is 4.35. The zero-order valence-electron chi connectivity index (χ0n) is 25.9. The number of methoxy groups -OCH3 is 1. The number of rotatable bonds is 6. The first-order valence-electron chi connectivity index (χ1n) is 14.1. The molecule has 0 bridgehead atoms. The van der Waals surface area contributed by atoms with E-state index in [-0.39, 0.29) is 51.6 Å². The van der Waals surface area contributed by atoms with Gasteiger partial charge in [-0.25, -0.2) is 9.18 Å². The smallest absolute Gasteiger partial charge is 0.419 e. The minimum atomic E-state index is -0.822. The molecule has 1 aromatic heterocycles. The number of nitrogens with zero attached hydrogens (tertiary/aromatic N) is 4. The zero-order chi connectivity index (χ0) is 31.8. The number of likely N-dealkylation sites (N-methyl/N-ethyl adjacent to an activating group) is 1. The minimum Gasteiger partial charge on any atom is -0.496 e. The first kappa shape index (κ1) is 31.7. The molecule has 0 aliphatic carbocycles. The van der Waals surface area contributed by atoms with E-state index >= 15 is 0 Å². The number of piperazine rings is 1. The Morgan fingerprint density at radius 2 is 1.63 bits per heavy atom. The van der Waals surface area contributed by atoms with Crippen molar-refractivity contribution in [2.75, 3.05) is 34.3 Å². The average Bonchev–Trinajstić information content (AvgIpc) is 3.31. The summed E-state index contributed by atoms with van der Waals surface area (Å²) in [6, 6.07) is 9.24. The number of carbonyl (C=O) groups excluding carboxylic acids is 4. The Hall–Kier alpha value is -4.25. The molecule has 2 atom stereocenters. The van der Waals surface area contributed by atoms with E-state index in [1.807, 2.05) is 13.8 Å². The number of benzene rings is 2. The van der Waals surface area contributed by atoms with Gasteiger partial charge in [-0.2, -0.15) is 0 Å². The lowest BCUT2D eigenvalue weighted by atomic mass is 10.0. The van der Waals surface area contributed by atoms with Crippen molar-refractivity contribution in [3.8, 4) is 5.75 Å². The third kappa shape index (κ3) is 6.72. The number of amides is 2. The van der Waals surface area contributed by atoms with Crippen molar-refractivity contribution in [1.82, 2.24) is 19.3 Å². The molecule has 0 radical (unpaired) electrons. The van der Waals surface area contributed by atoms with Gasteiger partial charge in [0.25, 0.3) is 17.6 Å². The third-order valence-corrected chi connectivity index (χ3v) is 7.47. The molecule has 2 heterocycles. The fraction of sp³-hybridized carbons (Fsp3) is 0.438. The summed E-state index contributed by atoms with van der Waals surface area (Å²) in [4.78, 5) is 58.3. The van der Waals surface area contributed by atoms with Crippen molar-refractivity contribution in [1.29, 1.82) is 0 Å². The lowest BCUT2D eigenvalue weighted by molar-refractivity contribution is -0.124. The number of hydrogen-bond acceptors (Lipinski definition) is 7. The van der Waals surface area contributed by atoms with E-state index in [0.717, 1.165) is 15.0 Å². The fourth-order valence-corrected chi connectivity index (χ4v) is 5.23. The summed E-state index contributed by atoms with van der Waals surface area (Å²) in [5.41, 5.74) is 0.605. The molecule has 230 valence electrons. The molecule has 0 spiro atoms. The third-order valence-electron chi connectivity index (χ3n) is 7.47. The molecule has 1 aliphatic heterocycles. The lowest BCUT2D eigenvalue weighted by Crippen LogP contribution is -2.57. The summed E-state index contributed by atoms with van der Waals surface area (Å²) < 4.78 is 25.7. The van der Waals surface area contributed by atoms with Gasteiger partial charge in [0.2, 0.25) is 0 Å². The van der Waals surface area contributed by atoms with Gasteiger partial charge in [0.15, 0.2) is 0 Å². The number of ether oxygens (including phenoxy) is 2. The monoisotopic (exact) mass is 594 g/mol. The van der Waals surface area contributed by atoms with Crippen LogP contribution in [0.25, 0.3) is 10.9 Å². The molecule has 2 amide bonds. The molecule has 4 rings (SSSR count). The Balaban J connectivity index is 1.72. The van der Waals surface area contributed by atoms with Gasteiger partial charge in [0.1, 0.15) is 17.2 Å². The number of aromatic nitrogens is 1. The molecule has 1 aliphatic rings. The summed E-state index contributed by atoms with van der Waals surface area (Å²) in [5.74, 6) is -1.97. The Bertz CT molecular complexity index is 1560. The molecule has 1 fully saturated rings. The van der Waals surface area contributed by atoms with Gasteiger partial charge in [0.05, 0.1) is 23.8 Å².